The number of rotatable bonds is 5. The molecule has 5 nitrogen and oxygen atoms in total. The van der Waals surface area contributed by atoms with Gasteiger partial charge >= 0.3 is 4.87 Å². The number of aromatic nitrogens is 1. The Morgan fingerprint density at radius 2 is 1.88 bits per heavy atom. The first kappa shape index (κ1) is 22.0. The molecule has 0 saturated heterocycles. The monoisotopic (exact) mass is 492 g/mol. The van der Waals surface area contributed by atoms with Gasteiger partial charge in [0.15, 0.2) is 0 Å². The van der Waals surface area contributed by atoms with Gasteiger partial charge in [0, 0.05) is 27.3 Å². The third-order valence-corrected chi connectivity index (χ3v) is 10.6. The SMILES string of the molecule is COc1ccccc1[C@@H]1c2sc(=O)n(CC(=O)Nc3ccc(C)cc3)c2SC2C3CCC(C3)C21. The summed E-state index contributed by atoms with van der Waals surface area (Å²) in [7, 11) is 1.72. The average Bonchev–Trinajstić information content (AvgIpc) is 3.54. The number of carbonyl (C=O) groups excluding carboxylic acids is 1. The second kappa shape index (κ2) is 8.61. The van der Waals surface area contributed by atoms with Gasteiger partial charge in [-0.3, -0.25) is 14.2 Å². The van der Waals surface area contributed by atoms with E-state index in [4.69, 9.17) is 4.74 Å². The molecule has 0 radical (unpaired) electrons. The van der Waals surface area contributed by atoms with Crippen LogP contribution in [0.15, 0.2) is 58.4 Å². The first-order valence-electron chi connectivity index (χ1n) is 11.9. The van der Waals surface area contributed by atoms with Crippen molar-refractivity contribution in [1.29, 1.82) is 0 Å². The lowest BCUT2D eigenvalue weighted by atomic mass is 9.74. The van der Waals surface area contributed by atoms with Crippen molar-refractivity contribution in [2.45, 2.75) is 48.9 Å². The largest absolute Gasteiger partial charge is 0.496 e. The van der Waals surface area contributed by atoms with Crippen molar-refractivity contribution >= 4 is 34.7 Å². The Bertz CT molecular complexity index is 1300. The Morgan fingerprint density at radius 3 is 2.68 bits per heavy atom. The van der Waals surface area contributed by atoms with Gasteiger partial charge in [0.2, 0.25) is 5.91 Å². The summed E-state index contributed by atoms with van der Waals surface area (Å²) in [6, 6.07) is 16.0. The maximum absolute atomic E-state index is 13.2. The summed E-state index contributed by atoms with van der Waals surface area (Å²) >= 11 is 3.17. The molecule has 3 aromatic rings. The van der Waals surface area contributed by atoms with E-state index in [1.165, 1.54) is 36.2 Å². The van der Waals surface area contributed by atoms with E-state index in [0.29, 0.717) is 23.0 Å². The third-order valence-electron chi connectivity index (χ3n) is 7.80. The zero-order valence-electron chi connectivity index (χ0n) is 19.3. The van der Waals surface area contributed by atoms with Gasteiger partial charge in [0.25, 0.3) is 0 Å². The number of nitrogens with zero attached hydrogens (tertiary/aromatic N) is 1. The number of nitrogens with one attached hydrogen (secondary N) is 1. The number of hydrogen-bond acceptors (Lipinski definition) is 5. The number of benzene rings is 2. The van der Waals surface area contributed by atoms with Crippen molar-refractivity contribution in [3.8, 4) is 5.75 Å². The number of ether oxygens (including phenoxy) is 1. The summed E-state index contributed by atoms with van der Waals surface area (Å²) in [6.45, 7) is 2.05. The molecule has 4 unspecified atom stereocenters. The lowest BCUT2D eigenvalue weighted by molar-refractivity contribution is -0.116. The predicted octanol–water partition coefficient (Wildman–Crippen LogP) is 5.52. The highest BCUT2D eigenvalue weighted by atomic mass is 32.2. The highest BCUT2D eigenvalue weighted by Crippen LogP contribution is 2.64. The maximum Gasteiger partial charge on any atom is 0.308 e. The highest BCUT2D eigenvalue weighted by molar-refractivity contribution is 8.00. The van der Waals surface area contributed by atoms with Crippen LogP contribution in [0.25, 0.3) is 0 Å². The van der Waals surface area contributed by atoms with E-state index in [1.807, 2.05) is 55.1 Å². The summed E-state index contributed by atoms with van der Waals surface area (Å²) in [6.07, 6.45) is 3.83. The molecule has 2 aromatic carbocycles. The molecule has 1 N–H and O–H groups in total. The lowest BCUT2D eigenvalue weighted by Gasteiger charge is -2.40. The zero-order valence-corrected chi connectivity index (χ0v) is 21.0. The Morgan fingerprint density at radius 1 is 1.12 bits per heavy atom. The standard InChI is InChI=1S/C27H28N2O3S2/c1-15-7-11-18(12-8-15)28-21(30)14-29-26-25(34-27(29)31)23(19-5-3-4-6-20(19)32-2)22-16-9-10-17(13-16)24(22)33-26/h3-8,11-12,16-17,22-24H,9-10,13-14H2,1-2H3,(H,28,30)/t16?,17?,22?,23-,24?/m0/s1. The summed E-state index contributed by atoms with van der Waals surface area (Å²) < 4.78 is 7.47. The van der Waals surface area contributed by atoms with Gasteiger partial charge in [0.1, 0.15) is 12.3 Å². The van der Waals surface area contributed by atoms with E-state index in [9.17, 15) is 9.59 Å². The van der Waals surface area contributed by atoms with Crippen molar-refractivity contribution < 1.29 is 9.53 Å². The van der Waals surface area contributed by atoms with Crippen LogP contribution < -0.4 is 14.9 Å². The van der Waals surface area contributed by atoms with E-state index in [1.54, 1.807) is 11.7 Å². The molecule has 2 fully saturated rings. The zero-order chi connectivity index (χ0) is 23.4. The Balaban J connectivity index is 1.38. The lowest BCUT2D eigenvalue weighted by Crippen LogP contribution is -2.35. The van der Waals surface area contributed by atoms with Gasteiger partial charge in [-0.05, 0) is 62.1 Å². The van der Waals surface area contributed by atoms with Gasteiger partial charge in [0.05, 0.1) is 12.1 Å². The number of methoxy groups -OCH3 is 1. The molecule has 3 aliphatic rings. The normalized spacial score (nSPS) is 26.7. The van der Waals surface area contributed by atoms with Crippen LogP contribution in [-0.2, 0) is 11.3 Å². The number of thiazole rings is 1. The molecule has 2 bridgehead atoms. The van der Waals surface area contributed by atoms with Gasteiger partial charge in [-0.15, -0.1) is 11.8 Å². The molecule has 2 saturated carbocycles. The number of aryl methyl sites for hydroxylation is 1. The molecule has 7 heteroatoms. The van der Waals surface area contributed by atoms with Crippen LogP contribution in [0, 0.1) is 24.7 Å². The van der Waals surface area contributed by atoms with Crippen LogP contribution in [0.1, 0.15) is 41.2 Å². The smallest absolute Gasteiger partial charge is 0.308 e. The van der Waals surface area contributed by atoms with E-state index in [0.717, 1.165) is 26.9 Å². The van der Waals surface area contributed by atoms with Crippen LogP contribution in [0.3, 0.4) is 0 Å². The minimum atomic E-state index is -0.170. The van der Waals surface area contributed by atoms with Crippen LogP contribution in [0.2, 0.25) is 0 Å². The number of fused-ring (bicyclic) bond motifs is 6. The Kier molecular flexibility index (Phi) is 5.57. The summed E-state index contributed by atoms with van der Waals surface area (Å²) in [4.78, 5) is 27.2. The summed E-state index contributed by atoms with van der Waals surface area (Å²) in [5, 5.41) is 4.43. The second-order valence-electron chi connectivity index (χ2n) is 9.75. The molecule has 1 aromatic heterocycles. The minimum Gasteiger partial charge on any atom is -0.496 e. The fourth-order valence-corrected chi connectivity index (χ4v) is 9.48. The molecule has 1 amide bonds. The molecule has 176 valence electrons. The van der Waals surface area contributed by atoms with Crippen molar-refractivity contribution in [3.63, 3.8) is 0 Å². The van der Waals surface area contributed by atoms with E-state index in [-0.39, 0.29) is 23.2 Å². The highest BCUT2D eigenvalue weighted by Gasteiger charge is 2.55. The number of carbonyl (C=O) groups is 1. The first-order chi connectivity index (χ1) is 16.5. The average molecular weight is 493 g/mol. The Hall–Kier alpha value is -2.51. The fourth-order valence-electron chi connectivity index (χ4n) is 6.34. The van der Waals surface area contributed by atoms with Gasteiger partial charge in [-0.25, -0.2) is 0 Å². The third kappa shape index (κ3) is 3.60. The number of anilines is 1. The fraction of sp³-hybridized carbons (Fsp3) is 0.407. The molecule has 2 heterocycles. The van der Waals surface area contributed by atoms with Gasteiger partial charge < -0.3 is 10.1 Å². The van der Waals surface area contributed by atoms with Crippen LogP contribution in [0.4, 0.5) is 5.69 Å². The number of amides is 1. The van der Waals surface area contributed by atoms with Gasteiger partial charge in [-0.2, -0.15) is 0 Å². The molecule has 5 atom stereocenters. The molecule has 6 rings (SSSR count). The topological polar surface area (TPSA) is 60.3 Å². The molecular formula is C27H28N2O3S2. The first-order valence-corrected chi connectivity index (χ1v) is 13.6. The maximum atomic E-state index is 13.2. The van der Waals surface area contributed by atoms with Crippen molar-refractivity contribution in [1.82, 2.24) is 4.57 Å². The van der Waals surface area contributed by atoms with E-state index in [2.05, 4.69) is 17.4 Å². The van der Waals surface area contributed by atoms with E-state index >= 15 is 0 Å². The van der Waals surface area contributed by atoms with Crippen molar-refractivity contribution in [2.75, 3.05) is 12.4 Å². The quantitative estimate of drug-likeness (QED) is 0.510. The number of para-hydroxylation sites is 1. The van der Waals surface area contributed by atoms with Crippen LogP contribution in [0.5, 0.6) is 5.75 Å². The second-order valence-corrected chi connectivity index (χ2v) is 11.9. The predicted molar refractivity (Wildman–Crippen MR) is 137 cm³/mol. The van der Waals surface area contributed by atoms with Crippen molar-refractivity contribution in [2.24, 2.45) is 17.8 Å². The van der Waals surface area contributed by atoms with Crippen LogP contribution in [-0.4, -0.2) is 22.8 Å². The summed E-state index contributed by atoms with van der Waals surface area (Å²) in [5.41, 5.74) is 3.06. The molecule has 0 spiro atoms. The van der Waals surface area contributed by atoms with Crippen molar-refractivity contribution in [3.05, 3.63) is 74.2 Å². The molecule has 2 aliphatic carbocycles. The Labute approximate surface area is 207 Å². The minimum absolute atomic E-state index is 0.0374. The summed E-state index contributed by atoms with van der Waals surface area (Å²) in [5.74, 6) is 2.76. The van der Waals surface area contributed by atoms with E-state index < -0.39 is 0 Å². The number of thioether (sulfide) groups is 1. The molecule has 34 heavy (non-hydrogen) atoms. The molecular weight excluding hydrogens is 464 g/mol. The van der Waals surface area contributed by atoms with Gasteiger partial charge in [-0.1, -0.05) is 47.2 Å². The number of hydrogen-bond donors (Lipinski definition) is 1. The van der Waals surface area contributed by atoms with Crippen LogP contribution >= 0.6 is 23.1 Å². The molecule has 1 aliphatic heterocycles.